The molecule has 28 heavy (non-hydrogen) atoms. The van der Waals surface area contributed by atoms with Crippen LogP contribution in [0.3, 0.4) is 0 Å². The molecule has 0 radical (unpaired) electrons. The van der Waals surface area contributed by atoms with Gasteiger partial charge in [-0.25, -0.2) is 8.42 Å². The van der Waals surface area contributed by atoms with Gasteiger partial charge in [-0.05, 0) is 56.0 Å². The summed E-state index contributed by atoms with van der Waals surface area (Å²) in [4.78, 5) is 2.75. The van der Waals surface area contributed by atoms with Crippen LogP contribution in [0, 0.1) is 27.7 Å². The van der Waals surface area contributed by atoms with E-state index in [1.165, 1.54) is 11.1 Å². The fourth-order valence-corrected chi connectivity index (χ4v) is 5.86. The summed E-state index contributed by atoms with van der Waals surface area (Å²) in [6.07, 6.45) is 0. The molecule has 1 fully saturated rings. The lowest BCUT2D eigenvalue weighted by atomic mass is 10.1. The number of benzene rings is 2. The number of aryl methyl sites for hydroxylation is 2. The second-order valence-electron chi connectivity index (χ2n) is 7.64. The topological polar surface area (TPSA) is 49.9 Å². The monoisotopic (exact) mass is 402 g/mol. The highest BCUT2D eigenvalue weighted by Crippen LogP contribution is 2.32. The minimum absolute atomic E-state index is 0.429. The van der Waals surface area contributed by atoms with Crippen LogP contribution in [0.1, 0.15) is 27.8 Å². The summed E-state index contributed by atoms with van der Waals surface area (Å²) in [6.45, 7) is 11.1. The molecule has 5 nitrogen and oxygen atoms in total. The zero-order valence-electron chi connectivity index (χ0n) is 17.4. The average Bonchev–Trinajstić information content (AvgIpc) is 2.65. The van der Waals surface area contributed by atoms with Crippen LogP contribution in [0.25, 0.3) is 0 Å². The maximum absolute atomic E-state index is 13.4. The van der Waals surface area contributed by atoms with Crippen molar-refractivity contribution in [3.05, 3.63) is 58.1 Å². The summed E-state index contributed by atoms with van der Waals surface area (Å²) in [5, 5.41) is 0. The number of methoxy groups -OCH3 is 1. The van der Waals surface area contributed by atoms with Gasteiger partial charge < -0.3 is 4.74 Å². The van der Waals surface area contributed by atoms with E-state index in [2.05, 4.69) is 36.1 Å². The maximum Gasteiger partial charge on any atom is 0.243 e. The smallest absolute Gasteiger partial charge is 0.243 e. The largest absolute Gasteiger partial charge is 0.496 e. The fourth-order valence-electron chi connectivity index (χ4n) is 3.96. The first kappa shape index (κ1) is 20.8. The van der Waals surface area contributed by atoms with Crippen LogP contribution in [0.15, 0.2) is 35.2 Å². The van der Waals surface area contributed by atoms with E-state index < -0.39 is 10.0 Å². The molecule has 0 unspecified atom stereocenters. The van der Waals surface area contributed by atoms with E-state index >= 15 is 0 Å². The standard InChI is InChI=1S/C22H30N2O3S/c1-16-7-6-8-20(13-16)15-23-9-11-24(12-10-23)28(25,26)22-17(2)14-21(27-5)18(3)19(22)4/h6-8,13-14H,9-12,15H2,1-5H3. The molecule has 1 aliphatic rings. The van der Waals surface area contributed by atoms with Gasteiger partial charge in [-0.3, -0.25) is 4.90 Å². The van der Waals surface area contributed by atoms with Crippen LogP contribution >= 0.6 is 0 Å². The van der Waals surface area contributed by atoms with E-state index in [1.54, 1.807) is 11.4 Å². The van der Waals surface area contributed by atoms with Crippen LogP contribution in [-0.2, 0) is 16.6 Å². The number of nitrogens with zero attached hydrogens (tertiary/aromatic N) is 2. The van der Waals surface area contributed by atoms with Crippen molar-refractivity contribution in [2.75, 3.05) is 33.3 Å². The van der Waals surface area contributed by atoms with E-state index in [0.29, 0.717) is 18.0 Å². The van der Waals surface area contributed by atoms with Crippen LogP contribution in [0.4, 0.5) is 0 Å². The number of ether oxygens (including phenoxy) is 1. The Kier molecular flexibility index (Phi) is 6.12. The highest BCUT2D eigenvalue weighted by Gasteiger charge is 2.31. The lowest BCUT2D eigenvalue weighted by molar-refractivity contribution is 0.181. The van der Waals surface area contributed by atoms with Gasteiger partial charge in [0.05, 0.1) is 12.0 Å². The van der Waals surface area contributed by atoms with Crippen molar-refractivity contribution in [1.82, 2.24) is 9.21 Å². The molecule has 0 N–H and O–H groups in total. The SMILES string of the molecule is COc1cc(C)c(S(=O)(=O)N2CCN(Cc3cccc(C)c3)CC2)c(C)c1C. The Morgan fingerprint density at radius 2 is 1.64 bits per heavy atom. The number of hydrogen-bond donors (Lipinski definition) is 0. The first-order chi connectivity index (χ1) is 13.2. The molecule has 0 aromatic heterocycles. The van der Waals surface area contributed by atoms with Crippen molar-refractivity contribution in [3.8, 4) is 5.75 Å². The summed E-state index contributed by atoms with van der Waals surface area (Å²) < 4.78 is 33.7. The van der Waals surface area contributed by atoms with Gasteiger partial charge in [0, 0.05) is 32.7 Å². The third-order valence-electron chi connectivity index (χ3n) is 5.62. The van der Waals surface area contributed by atoms with Crippen LogP contribution < -0.4 is 4.74 Å². The molecule has 2 aromatic carbocycles. The molecule has 1 heterocycles. The van der Waals surface area contributed by atoms with E-state index in [1.807, 2.05) is 26.8 Å². The molecule has 6 heteroatoms. The predicted octanol–water partition coefficient (Wildman–Crippen LogP) is 3.44. The molecule has 2 aromatic rings. The minimum Gasteiger partial charge on any atom is -0.496 e. The second kappa shape index (κ2) is 8.23. The van der Waals surface area contributed by atoms with Crippen molar-refractivity contribution < 1.29 is 13.2 Å². The van der Waals surface area contributed by atoms with Gasteiger partial charge in [0.15, 0.2) is 0 Å². The number of rotatable bonds is 5. The van der Waals surface area contributed by atoms with E-state index in [-0.39, 0.29) is 0 Å². The highest BCUT2D eigenvalue weighted by molar-refractivity contribution is 7.89. The Labute approximate surface area is 169 Å². The Morgan fingerprint density at radius 1 is 0.964 bits per heavy atom. The Balaban J connectivity index is 1.76. The number of sulfonamides is 1. The molecule has 0 aliphatic carbocycles. The molecule has 0 saturated carbocycles. The number of hydrogen-bond acceptors (Lipinski definition) is 4. The summed E-state index contributed by atoms with van der Waals surface area (Å²) in [6, 6.07) is 10.3. The predicted molar refractivity (Wildman–Crippen MR) is 112 cm³/mol. The lowest BCUT2D eigenvalue weighted by Crippen LogP contribution is -2.48. The van der Waals surface area contributed by atoms with Crippen molar-refractivity contribution in [2.45, 2.75) is 39.1 Å². The van der Waals surface area contributed by atoms with Gasteiger partial charge in [-0.15, -0.1) is 0 Å². The van der Waals surface area contributed by atoms with Crippen molar-refractivity contribution in [3.63, 3.8) is 0 Å². The molecule has 1 saturated heterocycles. The van der Waals surface area contributed by atoms with E-state index in [0.717, 1.165) is 42.1 Å². The first-order valence-electron chi connectivity index (χ1n) is 9.67. The second-order valence-corrected chi connectivity index (χ2v) is 9.52. The molecular weight excluding hydrogens is 372 g/mol. The average molecular weight is 403 g/mol. The Hall–Kier alpha value is -1.89. The van der Waals surface area contributed by atoms with Crippen LogP contribution in [-0.4, -0.2) is 50.9 Å². The molecular formula is C22H30N2O3S. The first-order valence-corrected chi connectivity index (χ1v) is 11.1. The van der Waals surface area contributed by atoms with Crippen molar-refractivity contribution in [1.29, 1.82) is 0 Å². The van der Waals surface area contributed by atoms with Crippen molar-refractivity contribution >= 4 is 10.0 Å². The normalized spacial score (nSPS) is 16.3. The van der Waals surface area contributed by atoms with Gasteiger partial charge in [0.2, 0.25) is 10.0 Å². The third kappa shape index (κ3) is 4.09. The summed E-state index contributed by atoms with van der Waals surface area (Å²) in [5.41, 5.74) is 4.92. The quantitative estimate of drug-likeness (QED) is 0.769. The van der Waals surface area contributed by atoms with Crippen LogP contribution in [0.5, 0.6) is 5.75 Å². The molecule has 152 valence electrons. The van der Waals surface area contributed by atoms with Gasteiger partial charge in [0.1, 0.15) is 5.75 Å². The van der Waals surface area contributed by atoms with Crippen molar-refractivity contribution in [2.24, 2.45) is 0 Å². The number of piperazine rings is 1. The summed E-state index contributed by atoms with van der Waals surface area (Å²) in [5.74, 6) is 0.733. The molecule has 0 amide bonds. The maximum atomic E-state index is 13.4. The van der Waals surface area contributed by atoms with E-state index in [9.17, 15) is 8.42 Å². The summed E-state index contributed by atoms with van der Waals surface area (Å²) >= 11 is 0. The summed E-state index contributed by atoms with van der Waals surface area (Å²) in [7, 11) is -1.91. The van der Waals surface area contributed by atoms with E-state index in [4.69, 9.17) is 4.74 Å². The molecule has 0 bridgehead atoms. The molecule has 0 spiro atoms. The van der Waals surface area contributed by atoms with Gasteiger partial charge in [-0.2, -0.15) is 4.31 Å². The van der Waals surface area contributed by atoms with Crippen LogP contribution in [0.2, 0.25) is 0 Å². The molecule has 3 rings (SSSR count). The Bertz CT molecular complexity index is 962. The minimum atomic E-state index is -3.52. The van der Waals surface area contributed by atoms with Gasteiger partial charge in [-0.1, -0.05) is 29.8 Å². The fraction of sp³-hybridized carbons (Fsp3) is 0.455. The van der Waals surface area contributed by atoms with Gasteiger partial charge in [0.25, 0.3) is 0 Å². The highest BCUT2D eigenvalue weighted by atomic mass is 32.2. The molecule has 1 aliphatic heterocycles. The van der Waals surface area contributed by atoms with Gasteiger partial charge >= 0.3 is 0 Å². The zero-order chi connectivity index (χ0) is 20.5. The Morgan fingerprint density at radius 3 is 2.25 bits per heavy atom. The zero-order valence-corrected chi connectivity index (χ0v) is 18.3. The third-order valence-corrected chi connectivity index (χ3v) is 7.81. The lowest BCUT2D eigenvalue weighted by Gasteiger charge is -2.34. The molecule has 0 atom stereocenters.